The topological polar surface area (TPSA) is 60.0 Å². The Balaban J connectivity index is 0. The van der Waals surface area contributed by atoms with E-state index in [0.717, 1.165) is 0 Å². The van der Waals surface area contributed by atoms with Crippen molar-refractivity contribution in [2.75, 3.05) is 0 Å². The van der Waals surface area contributed by atoms with Crippen LogP contribution in [0.5, 0.6) is 0 Å². The van der Waals surface area contributed by atoms with Crippen molar-refractivity contribution in [1.29, 1.82) is 0 Å². The van der Waals surface area contributed by atoms with Crippen LogP contribution < -0.4 is 56.6 Å². The summed E-state index contributed by atoms with van der Waals surface area (Å²) in [5, 5.41) is 0. The molecule has 16 valence electrons. The Bertz CT molecular complexity index is 4.85. The summed E-state index contributed by atoms with van der Waals surface area (Å²) in [5.74, 6) is 0. The summed E-state index contributed by atoms with van der Waals surface area (Å²) in [6.45, 7) is 0. The first-order chi connectivity index (χ1) is 0. The quantitative estimate of drug-likeness (QED) is 0.247. The fraction of sp³-hybridized carbons (Fsp3) is 0. The van der Waals surface area contributed by atoms with E-state index in [4.69, 9.17) is 0 Å². The predicted molar refractivity (Wildman–Crippen MR) is 4.30 cm³/mol. The molecule has 0 atom stereocenters. The van der Waals surface area contributed by atoms with E-state index in [2.05, 4.69) is 0 Å². The molecule has 0 amide bonds. The fourth-order valence-electron chi connectivity index (χ4n) is 0. The second-order valence-electron chi connectivity index (χ2n) is 0. The van der Waals surface area contributed by atoms with Gasteiger partial charge in [-0.1, -0.05) is 0 Å². The van der Waals surface area contributed by atoms with Crippen LogP contribution in [0.25, 0.3) is 0 Å². The zero-order valence-corrected chi connectivity index (χ0v) is 3.91. The molecule has 0 rings (SSSR count). The molecular formula is H2Li3O2+. The first-order valence-corrected chi connectivity index (χ1v) is 0. The van der Waals surface area contributed by atoms with Gasteiger partial charge in [0.05, 0.1) is 0 Å². The molecule has 0 aliphatic carbocycles. The molecule has 0 saturated heterocycles. The van der Waals surface area contributed by atoms with Crippen LogP contribution >= 0.6 is 0 Å². The maximum atomic E-state index is 0. The molecule has 2 N–H and O–H groups in total. The summed E-state index contributed by atoms with van der Waals surface area (Å²) >= 11 is 0. The molecule has 0 aliphatic heterocycles. The van der Waals surface area contributed by atoms with Gasteiger partial charge in [-0.15, -0.1) is 0 Å². The minimum atomic E-state index is 0. The van der Waals surface area contributed by atoms with E-state index in [1.807, 2.05) is 0 Å². The number of hydrogen-bond donors (Lipinski definition) is 0. The molecular weight excluding hydrogens is 52.8 g/mol. The Morgan fingerprint density at radius 1 is 0.600 bits per heavy atom. The molecule has 5 heteroatoms. The third-order valence-electron chi connectivity index (χ3n) is 0. The van der Waals surface area contributed by atoms with Crippen LogP contribution in [0.3, 0.4) is 0 Å². The second-order valence-corrected chi connectivity index (χ2v) is 0. The van der Waals surface area contributed by atoms with E-state index in [9.17, 15) is 0 Å². The zero-order chi connectivity index (χ0) is 0. The smallest absolute Gasteiger partial charge is 1.00 e. The Morgan fingerprint density at radius 3 is 0.600 bits per heavy atom. The molecule has 0 saturated carbocycles. The molecule has 0 bridgehead atoms. The van der Waals surface area contributed by atoms with Gasteiger partial charge in [0.1, 0.15) is 0 Å². The Kier molecular flexibility index (Phi) is 646. The van der Waals surface area contributed by atoms with Gasteiger partial charge in [-0.3, -0.25) is 0 Å². The van der Waals surface area contributed by atoms with Gasteiger partial charge in [-0.05, 0) is 0 Å². The molecule has 0 fully saturated rings. The van der Waals surface area contributed by atoms with Crippen LogP contribution in [0.2, 0.25) is 0 Å². The molecule has 0 spiro atoms. The summed E-state index contributed by atoms with van der Waals surface area (Å²) < 4.78 is 0. The van der Waals surface area contributed by atoms with Crippen molar-refractivity contribution in [1.82, 2.24) is 0 Å². The molecule has 0 aromatic carbocycles. The van der Waals surface area contributed by atoms with E-state index in [1.165, 1.54) is 0 Å². The third kappa shape index (κ3) is 26.9. The van der Waals surface area contributed by atoms with Gasteiger partial charge >= 0.3 is 56.6 Å². The van der Waals surface area contributed by atoms with Gasteiger partial charge in [0, 0.05) is 0 Å². The van der Waals surface area contributed by atoms with E-state index >= 15 is 0 Å². The van der Waals surface area contributed by atoms with Crippen molar-refractivity contribution in [3.05, 3.63) is 0 Å². The maximum absolute atomic E-state index is 0. The average molecular weight is 54.8 g/mol. The van der Waals surface area contributed by atoms with E-state index < -0.39 is 0 Å². The van der Waals surface area contributed by atoms with Gasteiger partial charge in [-0.2, -0.15) is 0 Å². The number of rotatable bonds is 0. The monoisotopic (exact) mass is 55.1 g/mol. The van der Waals surface area contributed by atoms with Crippen LogP contribution in [0, 0.1) is 0 Å². The molecule has 0 aromatic heterocycles. The molecule has 0 unspecified atom stereocenters. The first kappa shape index (κ1) is 74.7. The summed E-state index contributed by atoms with van der Waals surface area (Å²) in [6.07, 6.45) is 0. The van der Waals surface area contributed by atoms with E-state index in [1.54, 1.807) is 0 Å². The van der Waals surface area contributed by atoms with Crippen molar-refractivity contribution >= 4 is 0 Å². The molecule has 0 aromatic rings. The SMILES string of the molecule is O.[Li+].[Li+].[Li+].[O-2]. The third-order valence-corrected chi connectivity index (χ3v) is 0. The van der Waals surface area contributed by atoms with Crippen LogP contribution in [0.1, 0.15) is 0 Å². The fourth-order valence-corrected chi connectivity index (χ4v) is 0. The van der Waals surface area contributed by atoms with E-state index in [0.29, 0.717) is 0 Å². The largest absolute Gasteiger partial charge is 2.00 e. The second kappa shape index (κ2) is 43.3. The molecule has 0 aliphatic rings. The van der Waals surface area contributed by atoms with Crippen molar-refractivity contribution in [2.24, 2.45) is 0 Å². The Labute approximate surface area is 67.2 Å². The summed E-state index contributed by atoms with van der Waals surface area (Å²) in [4.78, 5) is 0. The van der Waals surface area contributed by atoms with Gasteiger partial charge in [0.15, 0.2) is 0 Å². The van der Waals surface area contributed by atoms with Crippen LogP contribution in [-0.4, -0.2) is 5.48 Å². The Hall–Kier alpha value is 1.71. The van der Waals surface area contributed by atoms with Gasteiger partial charge in [-0.25, -0.2) is 0 Å². The van der Waals surface area contributed by atoms with Crippen molar-refractivity contribution in [3.63, 3.8) is 0 Å². The maximum Gasteiger partial charge on any atom is 1.00 e. The number of hydrogen-bond acceptors (Lipinski definition) is 0. The van der Waals surface area contributed by atoms with Crippen LogP contribution in [0.4, 0.5) is 0 Å². The Morgan fingerprint density at radius 2 is 0.600 bits per heavy atom. The average Bonchev–Trinajstić information content (AvgIpc) is 0. The normalized spacial score (nSPS) is 0. The van der Waals surface area contributed by atoms with Gasteiger partial charge < -0.3 is 11.0 Å². The van der Waals surface area contributed by atoms with Crippen LogP contribution in [-0.2, 0) is 5.48 Å². The summed E-state index contributed by atoms with van der Waals surface area (Å²) in [7, 11) is 0. The molecule has 0 radical (unpaired) electrons. The minimum Gasteiger partial charge on any atom is -2.00 e. The molecule has 2 nitrogen and oxygen atoms in total. The van der Waals surface area contributed by atoms with Crippen molar-refractivity contribution in [2.45, 2.75) is 0 Å². The molecule has 5 heavy (non-hydrogen) atoms. The van der Waals surface area contributed by atoms with Crippen molar-refractivity contribution in [3.8, 4) is 0 Å². The first-order valence-electron chi connectivity index (χ1n) is 0. The summed E-state index contributed by atoms with van der Waals surface area (Å²) in [5.41, 5.74) is 0. The van der Waals surface area contributed by atoms with Gasteiger partial charge in [0.2, 0.25) is 0 Å². The van der Waals surface area contributed by atoms with E-state index in [-0.39, 0.29) is 67.5 Å². The zero-order valence-electron chi connectivity index (χ0n) is 3.91. The summed E-state index contributed by atoms with van der Waals surface area (Å²) in [6, 6.07) is 0. The predicted octanol–water partition coefficient (Wildman–Crippen LogP) is -9.93. The molecule has 0 heterocycles. The van der Waals surface area contributed by atoms with Gasteiger partial charge in [0.25, 0.3) is 0 Å². The van der Waals surface area contributed by atoms with Crippen molar-refractivity contribution < 1.29 is 67.5 Å². The minimum absolute atomic E-state index is 0. The standard InChI is InChI=1S/3Li.H2O.O/h;;;1H2;/q3*+1;;-2. The van der Waals surface area contributed by atoms with Crippen LogP contribution in [0.15, 0.2) is 0 Å².